The number of likely N-dealkylation sites (tertiary alicyclic amines) is 1. The monoisotopic (exact) mass is 193 g/mol. The number of fused-ring (bicyclic) bond motifs is 1. The minimum atomic E-state index is -0.198. The highest BCUT2D eigenvalue weighted by molar-refractivity contribution is 5.71. The van der Waals surface area contributed by atoms with Crippen LogP contribution in [0.15, 0.2) is 23.9 Å². The number of allylic oxidation sites excluding steroid dienone is 3. The summed E-state index contributed by atoms with van der Waals surface area (Å²) < 4.78 is 5.00. The van der Waals surface area contributed by atoms with Gasteiger partial charge in [0.1, 0.15) is 0 Å². The summed E-state index contributed by atoms with van der Waals surface area (Å²) in [6.07, 6.45) is 8.23. The average molecular weight is 193 g/mol. The minimum absolute atomic E-state index is 0.198. The number of amides is 1. The summed E-state index contributed by atoms with van der Waals surface area (Å²) in [7, 11) is 0. The highest BCUT2D eigenvalue weighted by Gasteiger charge is 2.31. The Hall–Kier alpha value is -1.25. The van der Waals surface area contributed by atoms with Crippen LogP contribution in [0.1, 0.15) is 19.8 Å². The molecule has 0 saturated carbocycles. The summed E-state index contributed by atoms with van der Waals surface area (Å²) in [5.41, 5.74) is 1.13. The zero-order valence-electron chi connectivity index (χ0n) is 8.40. The lowest BCUT2D eigenvalue weighted by Gasteiger charge is -2.20. The molecule has 0 spiro atoms. The van der Waals surface area contributed by atoms with Gasteiger partial charge in [0.05, 0.1) is 6.61 Å². The Labute approximate surface area is 84.0 Å². The largest absolute Gasteiger partial charge is 0.449 e. The van der Waals surface area contributed by atoms with E-state index < -0.39 is 0 Å². The van der Waals surface area contributed by atoms with Crippen LogP contribution < -0.4 is 0 Å². The molecule has 2 rings (SSSR count). The molecule has 0 N–H and O–H groups in total. The van der Waals surface area contributed by atoms with E-state index >= 15 is 0 Å². The first-order chi connectivity index (χ1) is 6.83. The fourth-order valence-corrected chi connectivity index (χ4v) is 2.03. The van der Waals surface area contributed by atoms with Crippen molar-refractivity contribution in [3.8, 4) is 0 Å². The Kier molecular flexibility index (Phi) is 2.57. The van der Waals surface area contributed by atoms with E-state index in [1.165, 1.54) is 0 Å². The molecular formula is C11H15NO2. The van der Waals surface area contributed by atoms with Gasteiger partial charge >= 0.3 is 6.09 Å². The normalized spacial score (nSPS) is 24.5. The van der Waals surface area contributed by atoms with Gasteiger partial charge in [0, 0.05) is 18.2 Å². The Morgan fingerprint density at radius 1 is 1.71 bits per heavy atom. The lowest BCUT2D eigenvalue weighted by Crippen LogP contribution is -2.28. The number of carbonyl (C=O) groups is 1. The first kappa shape index (κ1) is 9.31. The van der Waals surface area contributed by atoms with Gasteiger partial charge in [0.15, 0.2) is 0 Å². The molecule has 0 aromatic rings. The van der Waals surface area contributed by atoms with Gasteiger partial charge < -0.3 is 4.74 Å². The first-order valence-corrected chi connectivity index (χ1v) is 5.14. The number of rotatable bonds is 1. The second kappa shape index (κ2) is 3.86. The molecule has 1 aliphatic heterocycles. The molecule has 1 atom stereocenters. The number of hydrogen-bond acceptors (Lipinski definition) is 2. The molecule has 3 nitrogen and oxygen atoms in total. The molecule has 1 unspecified atom stereocenters. The fraction of sp³-hybridized carbons (Fsp3) is 0.545. The van der Waals surface area contributed by atoms with Crippen molar-refractivity contribution in [3.63, 3.8) is 0 Å². The van der Waals surface area contributed by atoms with Crippen LogP contribution in [0.3, 0.4) is 0 Å². The maximum Gasteiger partial charge on any atom is 0.414 e. The van der Waals surface area contributed by atoms with Crippen molar-refractivity contribution in [1.82, 2.24) is 4.90 Å². The second-order valence-corrected chi connectivity index (χ2v) is 3.54. The third kappa shape index (κ3) is 1.54. The molecule has 0 aromatic heterocycles. The second-order valence-electron chi connectivity index (χ2n) is 3.54. The summed E-state index contributed by atoms with van der Waals surface area (Å²) in [6.45, 7) is 3.07. The number of carbonyl (C=O) groups excluding carboxylic acids is 1. The van der Waals surface area contributed by atoms with Gasteiger partial charge in [-0.15, -0.1) is 0 Å². The maximum atomic E-state index is 11.5. The zero-order chi connectivity index (χ0) is 9.97. The van der Waals surface area contributed by atoms with Gasteiger partial charge in [-0.25, -0.2) is 4.79 Å². The van der Waals surface area contributed by atoms with E-state index in [1.807, 2.05) is 6.92 Å². The van der Waals surface area contributed by atoms with Crippen molar-refractivity contribution >= 4 is 6.09 Å². The standard InChI is InChI=1S/C11H15NO2/c1-2-14-11(13)12-8-7-9-5-3-4-6-10(9)12/h3,5-6,9H,2,4,7-8H2,1H3. The third-order valence-corrected chi connectivity index (χ3v) is 2.67. The molecule has 1 saturated heterocycles. The highest BCUT2D eigenvalue weighted by atomic mass is 16.6. The smallest absolute Gasteiger partial charge is 0.414 e. The van der Waals surface area contributed by atoms with Crippen LogP contribution in [0.4, 0.5) is 4.79 Å². The Bertz CT molecular complexity index is 294. The highest BCUT2D eigenvalue weighted by Crippen LogP contribution is 2.32. The topological polar surface area (TPSA) is 29.5 Å². The van der Waals surface area contributed by atoms with Gasteiger partial charge in [0.2, 0.25) is 0 Å². The SMILES string of the molecule is CCOC(=O)N1CCC2C=CCC=C21. The summed E-state index contributed by atoms with van der Waals surface area (Å²) in [4.78, 5) is 13.3. The van der Waals surface area contributed by atoms with Gasteiger partial charge in [0.25, 0.3) is 0 Å². The number of ether oxygens (including phenoxy) is 1. The van der Waals surface area contributed by atoms with E-state index in [2.05, 4.69) is 18.2 Å². The molecule has 0 radical (unpaired) electrons. The van der Waals surface area contributed by atoms with Crippen LogP contribution in [-0.2, 0) is 4.74 Å². The molecular weight excluding hydrogens is 178 g/mol. The maximum absolute atomic E-state index is 11.5. The average Bonchev–Trinajstić information content (AvgIpc) is 2.61. The molecule has 76 valence electrons. The van der Waals surface area contributed by atoms with E-state index in [-0.39, 0.29) is 6.09 Å². The summed E-state index contributed by atoms with van der Waals surface area (Å²) in [6, 6.07) is 0. The van der Waals surface area contributed by atoms with Crippen LogP contribution >= 0.6 is 0 Å². The number of nitrogens with zero attached hydrogens (tertiary/aromatic N) is 1. The predicted molar refractivity (Wildman–Crippen MR) is 53.7 cm³/mol. The van der Waals surface area contributed by atoms with E-state index in [4.69, 9.17) is 4.74 Å². The lowest BCUT2D eigenvalue weighted by molar-refractivity contribution is 0.123. The van der Waals surface area contributed by atoms with E-state index in [0.29, 0.717) is 12.5 Å². The van der Waals surface area contributed by atoms with Crippen molar-refractivity contribution in [2.75, 3.05) is 13.2 Å². The lowest BCUT2D eigenvalue weighted by atomic mass is 10.00. The van der Waals surface area contributed by atoms with Crippen molar-refractivity contribution in [2.24, 2.45) is 5.92 Å². The molecule has 3 heteroatoms. The molecule has 0 bridgehead atoms. The van der Waals surface area contributed by atoms with E-state index in [9.17, 15) is 4.79 Å². The van der Waals surface area contributed by atoms with Crippen LogP contribution in [0.2, 0.25) is 0 Å². The molecule has 0 aromatic carbocycles. The molecule has 2 aliphatic rings. The van der Waals surface area contributed by atoms with E-state index in [1.54, 1.807) is 4.90 Å². The molecule has 1 fully saturated rings. The summed E-state index contributed by atoms with van der Waals surface area (Å²) in [5.74, 6) is 0.438. The minimum Gasteiger partial charge on any atom is -0.449 e. The van der Waals surface area contributed by atoms with Gasteiger partial charge in [-0.1, -0.05) is 18.2 Å². The zero-order valence-corrected chi connectivity index (χ0v) is 8.40. The van der Waals surface area contributed by atoms with Crippen LogP contribution in [0, 0.1) is 5.92 Å². The Morgan fingerprint density at radius 2 is 2.57 bits per heavy atom. The van der Waals surface area contributed by atoms with Crippen molar-refractivity contribution in [1.29, 1.82) is 0 Å². The van der Waals surface area contributed by atoms with Crippen molar-refractivity contribution < 1.29 is 9.53 Å². The molecule has 1 amide bonds. The van der Waals surface area contributed by atoms with Gasteiger partial charge in [-0.05, 0) is 19.8 Å². The third-order valence-electron chi connectivity index (χ3n) is 2.67. The summed E-state index contributed by atoms with van der Waals surface area (Å²) >= 11 is 0. The van der Waals surface area contributed by atoms with Crippen molar-refractivity contribution in [3.05, 3.63) is 23.9 Å². The quantitative estimate of drug-likeness (QED) is 0.598. The van der Waals surface area contributed by atoms with Gasteiger partial charge in [-0.2, -0.15) is 0 Å². The Balaban J connectivity index is 2.08. The Morgan fingerprint density at radius 3 is 3.36 bits per heavy atom. The van der Waals surface area contributed by atoms with Crippen LogP contribution in [0.25, 0.3) is 0 Å². The van der Waals surface area contributed by atoms with Crippen LogP contribution in [-0.4, -0.2) is 24.1 Å². The van der Waals surface area contributed by atoms with Crippen molar-refractivity contribution in [2.45, 2.75) is 19.8 Å². The predicted octanol–water partition coefficient (Wildman–Crippen LogP) is 2.31. The first-order valence-electron chi connectivity index (χ1n) is 5.14. The summed E-state index contributed by atoms with van der Waals surface area (Å²) in [5, 5.41) is 0. The molecule has 1 aliphatic carbocycles. The number of hydrogen-bond donors (Lipinski definition) is 0. The molecule has 1 heterocycles. The van der Waals surface area contributed by atoms with E-state index in [0.717, 1.165) is 25.1 Å². The fourth-order valence-electron chi connectivity index (χ4n) is 2.03. The molecule has 14 heavy (non-hydrogen) atoms. The van der Waals surface area contributed by atoms with Crippen LogP contribution in [0.5, 0.6) is 0 Å². The van der Waals surface area contributed by atoms with Gasteiger partial charge in [-0.3, -0.25) is 4.90 Å².